The highest BCUT2D eigenvalue weighted by atomic mass is 35.5. The molecule has 5 nitrogen and oxygen atoms in total. The normalized spacial score (nSPS) is 30.7. The van der Waals surface area contributed by atoms with Crippen molar-refractivity contribution in [2.24, 2.45) is 18.9 Å². The van der Waals surface area contributed by atoms with Crippen molar-refractivity contribution in [2.45, 2.75) is 44.6 Å². The maximum Gasteiger partial charge on any atom is 0.227 e. The van der Waals surface area contributed by atoms with Crippen molar-refractivity contribution in [2.75, 3.05) is 20.1 Å². The molecule has 6 heteroatoms. The van der Waals surface area contributed by atoms with E-state index in [0.717, 1.165) is 31.8 Å². The number of rotatable bonds is 3. The number of nitrogens with one attached hydrogen (secondary N) is 1. The summed E-state index contributed by atoms with van der Waals surface area (Å²) in [5.41, 5.74) is 1.18. The first kappa shape index (κ1) is 18.3. The van der Waals surface area contributed by atoms with Crippen LogP contribution in [0.2, 0.25) is 0 Å². The number of hydrogen-bond donors (Lipinski definition) is 1. The summed E-state index contributed by atoms with van der Waals surface area (Å²) < 4.78 is 1.82. The van der Waals surface area contributed by atoms with Gasteiger partial charge in [-0.3, -0.25) is 9.48 Å². The molecule has 2 aliphatic rings. The van der Waals surface area contributed by atoms with E-state index < -0.39 is 0 Å². The van der Waals surface area contributed by atoms with Crippen LogP contribution in [0.5, 0.6) is 0 Å². The molecule has 1 aromatic heterocycles. The standard InChI is InChI=1S/C17H28N4O.ClH/c1-12-4-6-14(7-5-12)21(3)17(22)16-10-18-9-15(16)13-8-19-20(2)11-13;/h8,11-12,14-16,18H,4-7,9-10H2,1-3H3;1H/t12?,14?,15-,16+;/m1./s1. The fourth-order valence-corrected chi connectivity index (χ4v) is 3.99. The molecule has 3 rings (SSSR count). The Labute approximate surface area is 145 Å². The summed E-state index contributed by atoms with van der Waals surface area (Å²) in [6, 6.07) is 0.429. The summed E-state index contributed by atoms with van der Waals surface area (Å²) in [4.78, 5) is 15.0. The van der Waals surface area contributed by atoms with Crippen LogP contribution >= 0.6 is 12.4 Å². The molecular formula is C17H29ClN4O. The van der Waals surface area contributed by atoms with Gasteiger partial charge in [0.05, 0.1) is 12.1 Å². The maximum absolute atomic E-state index is 13.0. The topological polar surface area (TPSA) is 50.2 Å². The predicted molar refractivity (Wildman–Crippen MR) is 93.7 cm³/mol. The molecule has 130 valence electrons. The van der Waals surface area contributed by atoms with Crippen LogP contribution in [0.4, 0.5) is 0 Å². The van der Waals surface area contributed by atoms with Gasteiger partial charge in [0.15, 0.2) is 0 Å². The largest absolute Gasteiger partial charge is 0.342 e. The van der Waals surface area contributed by atoms with Gasteiger partial charge in [0.1, 0.15) is 0 Å². The smallest absolute Gasteiger partial charge is 0.227 e. The van der Waals surface area contributed by atoms with E-state index in [1.54, 1.807) is 0 Å². The fraction of sp³-hybridized carbons (Fsp3) is 0.765. The molecule has 1 aliphatic heterocycles. The highest BCUT2D eigenvalue weighted by Crippen LogP contribution is 2.32. The van der Waals surface area contributed by atoms with Crippen LogP contribution < -0.4 is 5.32 Å². The van der Waals surface area contributed by atoms with Gasteiger partial charge in [0.25, 0.3) is 0 Å². The number of hydrogen-bond acceptors (Lipinski definition) is 3. The Morgan fingerprint density at radius 3 is 2.61 bits per heavy atom. The van der Waals surface area contributed by atoms with E-state index in [1.807, 2.05) is 36.1 Å². The summed E-state index contributed by atoms with van der Waals surface area (Å²) in [5.74, 6) is 1.43. The van der Waals surface area contributed by atoms with Gasteiger partial charge in [-0.15, -0.1) is 12.4 Å². The lowest BCUT2D eigenvalue weighted by atomic mass is 9.85. The molecule has 23 heavy (non-hydrogen) atoms. The Balaban J connectivity index is 0.00000192. The number of amides is 1. The van der Waals surface area contributed by atoms with Crippen LogP contribution in [-0.4, -0.2) is 46.8 Å². The summed E-state index contributed by atoms with van der Waals surface area (Å²) in [6.07, 6.45) is 8.75. The third-order valence-electron chi connectivity index (χ3n) is 5.57. The Hall–Kier alpha value is -1.07. The second-order valence-electron chi connectivity index (χ2n) is 7.18. The van der Waals surface area contributed by atoms with Crippen LogP contribution in [0.25, 0.3) is 0 Å². The molecule has 1 N–H and O–H groups in total. The molecule has 0 radical (unpaired) electrons. The van der Waals surface area contributed by atoms with Gasteiger partial charge in [0, 0.05) is 45.3 Å². The number of aryl methyl sites for hydroxylation is 1. The summed E-state index contributed by atoms with van der Waals surface area (Å²) in [7, 11) is 3.93. The van der Waals surface area contributed by atoms with Crippen LogP contribution in [0.15, 0.2) is 12.4 Å². The first-order chi connectivity index (χ1) is 10.6. The van der Waals surface area contributed by atoms with Crippen molar-refractivity contribution in [3.05, 3.63) is 18.0 Å². The zero-order valence-electron chi connectivity index (χ0n) is 14.4. The van der Waals surface area contributed by atoms with Crippen molar-refractivity contribution < 1.29 is 4.79 Å². The summed E-state index contributed by atoms with van der Waals surface area (Å²) in [6.45, 7) is 3.97. The van der Waals surface area contributed by atoms with E-state index in [0.29, 0.717) is 11.9 Å². The van der Waals surface area contributed by atoms with Gasteiger partial charge in [-0.05, 0) is 37.2 Å². The van der Waals surface area contributed by atoms with Crippen LogP contribution in [-0.2, 0) is 11.8 Å². The summed E-state index contributed by atoms with van der Waals surface area (Å²) >= 11 is 0. The third kappa shape index (κ3) is 3.89. The minimum absolute atomic E-state index is 0. The quantitative estimate of drug-likeness (QED) is 0.917. The van der Waals surface area contributed by atoms with Crippen molar-refractivity contribution in [1.82, 2.24) is 20.0 Å². The Morgan fingerprint density at radius 2 is 2.00 bits per heavy atom. The Kier molecular flexibility index (Phi) is 6.09. The predicted octanol–water partition coefficient (Wildman–Crippen LogP) is 2.18. The second kappa shape index (κ2) is 7.67. The number of carbonyl (C=O) groups is 1. The van der Waals surface area contributed by atoms with E-state index in [1.165, 1.54) is 18.4 Å². The van der Waals surface area contributed by atoms with Gasteiger partial charge in [-0.1, -0.05) is 6.92 Å². The third-order valence-corrected chi connectivity index (χ3v) is 5.57. The highest BCUT2D eigenvalue weighted by molar-refractivity contribution is 5.85. The number of nitrogens with zero attached hydrogens (tertiary/aromatic N) is 3. The molecule has 0 spiro atoms. The molecule has 2 fully saturated rings. The average Bonchev–Trinajstić information content (AvgIpc) is 3.15. The lowest BCUT2D eigenvalue weighted by Gasteiger charge is -2.35. The lowest BCUT2D eigenvalue weighted by Crippen LogP contribution is -2.44. The Bertz CT molecular complexity index is 524. The van der Waals surface area contributed by atoms with E-state index in [4.69, 9.17) is 0 Å². The Morgan fingerprint density at radius 1 is 1.30 bits per heavy atom. The molecule has 1 amide bonds. The zero-order valence-corrected chi connectivity index (χ0v) is 15.2. The minimum Gasteiger partial charge on any atom is -0.342 e. The lowest BCUT2D eigenvalue weighted by molar-refractivity contribution is -0.136. The van der Waals surface area contributed by atoms with Crippen molar-refractivity contribution >= 4 is 18.3 Å². The second-order valence-corrected chi connectivity index (χ2v) is 7.18. The van der Waals surface area contributed by atoms with Gasteiger partial charge >= 0.3 is 0 Å². The molecule has 1 aliphatic carbocycles. The van der Waals surface area contributed by atoms with Crippen LogP contribution in [0.1, 0.15) is 44.1 Å². The monoisotopic (exact) mass is 340 g/mol. The molecule has 2 atom stereocenters. The fourth-order valence-electron chi connectivity index (χ4n) is 3.99. The van der Waals surface area contributed by atoms with Gasteiger partial charge in [-0.25, -0.2) is 0 Å². The van der Waals surface area contributed by atoms with E-state index in [9.17, 15) is 4.79 Å². The SMILES string of the molecule is CC1CCC(N(C)C(=O)[C@H]2CNC[C@@H]2c2cnn(C)c2)CC1.Cl. The molecule has 1 saturated heterocycles. The number of aromatic nitrogens is 2. The molecule has 1 saturated carbocycles. The zero-order chi connectivity index (χ0) is 15.7. The van der Waals surface area contributed by atoms with E-state index in [2.05, 4.69) is 17.3 Å². The van der Waals surface area contributed by atoms with Crippen molar-refractivity contribution in [3.8, 4) is 0 Å². The molecule has 1 aromatic rings. The van der Waals surface area contributed by atoms with E-state index in [-0.39, 0.29) is 24.2 Å². The number of carbonyl (C=O) groups excluding carboxylic acids is 1. The minimum atomic E-state index is 0. The number of halogens is 1. The molecule has 0 unspecified atom stereocenters. The van der Waals surface area contributed by atoms with Crippen LogP contribution in [0, 0.1) is 11.8 Å². The molecule has 2 heterocycles. The maximum atomic E-state index is 13.0. The van der Waals surface area contributed by atoms with Crippen molar-refractivity contribution in [3.63, 3.8) is 0 Å². The molecular weight excluding hydrogens is 312 g/mol. The van der Waals surface area contributed by atoms with E-state index >= 15 is 0 Å². The van der Waals surface area contributed by atoms with Crippen LogP contribution in [0.3, 0.4) is 0 Å². The first-order valence-corrected chi connectivity index (χ1v) is 8.52. The van der Waals surface area contributed by atoms with Crippen molar-refractivity contribution in [1.29, 1.82) is 0 Å². The van der Waals surface area contributed by atoms with Gasteiger partial charge in [-0.2, -0.15) is 5.10 Å². The molecule has 0 aromatic carbocycles. The average molecular weight is 341 g/mol. The van der Waals surface area contributed by atoms with Gasteiger partial charge in [0.2, 0.25) is 5.91 Å². The van der Waals surface area contributed by atoms with Gasteiger partial charge < -0.3 is 10.2 Å². The summed E-state index contributed by atoms with van der Waals surface area (Å²) in [5, 5.41) is 7.65. The molecule has 0 bridgehead atoms. The first-order valence-electron chi connectivity index (χ1n) is 8.52. The highest BCUT2D eigenvalue weighted by Gasteiger charge is 2.38.